The molecule has 0 aliphatic heterocycles. The van der Waals surface area contributed by atoms with E-state index in [1.165, 1.54) is 6.07 Å². The van der Waals surface area contributed by atoms with E-state index in [0.717, 1.165) is 5.69 Å². The van der Waals surface area contributed by atoms with Crippen molar-refractivity contribution in [1.29, 1.82) is 0 Å². The van der Waals surface area contributed by atoms with Crippen molar-refractivity contribution in [1.82, 2.24) is 0 Å². The molecule has 0 amide bonds. The van der Waals surface area contributed by atoms with Crippen LogP contribution in [0.5, 0.6) is 0 Å². The number of nitrogens with one attached hydrogen (secondary N) is 1. The minimum Gasteiger partial charge on any atom is -0.380 e. The second kappa shape index (κ2) is 5.97. The lowest BCUT2D eigenvalue weighted by atomic mass is 10.2. The fourth-order valence-corrected chi connectivity index (χ4v) is 1.85. The number of ether oxygens (including phenoxy) is 1. The summed E-state index contributed by atoms with van der Waals surface area (Å²) in [6, 6.07) is 4.96. The molecule has 0 heterocycles. The van der Waals surface area contributed by atoms with Gasteiger partial charge in [0.15, 0.2) is 0 Å². The van der Waals surface area contributed by atoms with Crippen molar-refractivity contribution in [2.45, 2.75) is 26.0 Å². The van der Waals surface area contributed by atoms with Crippen molar-refractivity contribution in [3.8, 4) is 0 Å². The summed E-state index contributed by atoms with van der Waals surface area (Å²) in [5.41, 5.74) is 0.877. The first-order valence-electron chi connectivity index (χ1n) is 5.19. The predicted octanol–water partition coefficient (Wildman–Crippen LogP) is 3.19. The van der Waals surface area contributed by atoms with E-state index in [1.807, 2.05) is 13.8 Å². The summed E-state index contributed by atoms with van der Waals surface area (Å²) < 4.78 is 5.66. The van der Waals surface area contributed by atoms with Crippen molar-refractivity contribution >= 4 is 27.3 Å². The van der Waals surface area contributed by atoms with Crippen molar-refractivity contribution in [3.63, 3.8) is 0 Å². The van der Waals surface area contributed by atoms with Crippen molar-refractivity contribution in [2.24, 2.45) is 0 Å². The largest absolute Gasteiger partial charge is 0.380 e. The molecule has 94 valence electrons. The molecule has 0 fully saturated rings. The van der Waals surface area contributed by atoms with Gasteiger partial charge >= 0.3 is 0 Å². The Hall–Kier alpha value is -1.14. The number of nitro groups is 1. The average molecular weight is 303 g/mol. The summed E-state index contributed by atoms with van der Waals surface area (Å²) in [7, 11) is 1.65. The highest BCUT2D eigenvalue weighted by molar-refractivity contribution is 9.10. The van der Waals surface area contributed by atoms with Gasteiger partial charge in [-0.25, -0.2) is 0 Å². The number of nitrogens with zero attached hydrogens (tertiary/aromatic N) is 1. The molecule has 0 aliphatic rings. The van der Waals surface area contributed by atoms with Crippen LogP contribution in [0.1, 0.15) is 13.8 Å². The quantitative estimate of drug-likeness (QED) is 0.670. The molecule has 1 N–H and O–H groups in total. The van der Waals surface area contributed by atoms with E-state index in [9.17, 15) is 10.1 Å². The number of anilines is 1. The van der Waals surface area contributed by atoms with Crippen LogP contribution in [0.15, 0.2) is 22.7 Å². The maximum Gasteiger partial charge on any atom is 0.283 e. The maximum absolute atomic E-state index is 10.6. The van der Waals surface area contributed by atoms with Crippen LogP contribution in [-0.2, 0) is 4.74 Å². The molecule has 1 aromatic carbocycles. The van der Waals surface area contributed by atoms with E-state index in [0.29, 0.717) is 4.47 Å². The SMILES string of the molecule is COC(C)C(C)Nc1ccc([N+](=O)[O-])c(Br)c1. The number of halogens is 1. The Morgan fingerprint density at radius 1 is 1.47 bits per heavy atom. The summed E-state index contributed by atoms with van der Waals surface area (Å²) in [6.45, 7) is 3.95. The van der Waals surface area contributed by atoms with Crippen LogP contribution in [-0.4, -0.2) is 24.2 Å². The molecule has 0 aromatic heterocycles. The summed E-state index contributed by atoms with van der Waals surface area (Å²) in [4.78, 5) is 10.2. The van der Waals surface area contributed by atoms with Crippen molar-refractivity contribution in [3.05, 3.63) is 32.8 Å². The van der Waals surface area contributed by atoms with Crippen LogP contribution in [0.25, 0.3) is 0 Å². The monoisotopic (exact) mass is 302 g/mol. The van der Waals surface area contributed by atoms with Gasteiger partial charge in [0.2, 0.25) is 0 Å². The maximum atomic E-state index is 10.6. The third-order valence-electron chi connectivity index (χ3n) is 2.61. The average Bonchev–Trinajstić information content (AvgIpc) is 2.27. The summed E-state index contributed by atoms with van der Waals surface area (Å²) in [5, 5.41) is 13.9. The minimum atomic E-state index is -0.422. The molecule has 17 heavy (non-hydrogen) atoms. The highest BCUT2D eigenvalue weighted by Gasteiger charge is 2.14. The minimum absolute atomic E-state index is 0.0583. The second-order valence-electron chi connectivity index (χ2n) is 3.80. The zero-order valence-corrected chi connectivity index (χ0v) is 11.5. The highest BCUT2D eigenvalue weighted by atomic mass is 79.9. The zero-order chi connectivity index (χ0) is 13.0. The zero-order valence-electron chi connectivity index (χ0n) is 9.94. The third-order valence-corrected chi connectivity index (χ3v) is 3.25. The van der Waals surface area contributed by atoms with Gasteiger partial charge in [-0.3, -0.25) is 10.1 Å². The lowest BCUT2D eigenvalue weighted by Gasteiger charge is -2.21. The fraction of sp³-hybridized carbons (Fsp3) is 0.455. The van der Waals surface area contributed by atoms with Crippen LogP contribution in [0.4, 0.5) is 11.4 Å². The topological polar surface area (TPSA) is 64.4 Å². The van der Waals surface area contributed by atoms with Crippen molar-refractivity contribution in [2.75, 3.05) is 12.4 Å². The first-order valence-corrected chi connectivity index (χ1v) is 5.98. The molecule has 5 nitrogen and oxygen atoms in total. The van der Waals surface area contributed by atoms with Gasteiger partial charge in [0, 0.05) is 24.9 Å². The molecule has 2 atom stereocenters. The number of methoxy groups -OCH3 is 1. The van der Waals surface area contributed by atoms with Gasteiger partial charge in [0.25, 0.3) is 5.69 Å². The van der Waals surface area contributed by atoms with Crippen LogP contribution < -0.4 is 5.32 Å². The van der Waals surface area contributed by atoms with Crippen LogP contribution >= 0.6 is 15.9 Å². The number of rotatable bonds is 5. The van der Waals surface area contributed by atoms with E-state index >= 15 is 0 Å². The number of nitro benzene ring substituents is 1. The molecule has 1 rings (SSSR count). The molecule has 0 bridgehead atoms. The van der Waals surface area contributed by atoms with E-state index in [4.69, 9.17) is 4.74 Å². The Morgan fingerprint density at radius 2 is 2.12 bits per heavy atom. The summed E-state index contributed by atoms with van der Waals surface area (Å²) in [5.74, 6) is 0. The summed E-state index contributed by atoms with van der Waals surface area (Å²) >= 11 is 3.18. The smallest absolute Gasteiger partial charge is 0.283 e. The van der Waals surface area contributed by atoms with Crippen LogP contribution in [0.3, 0.4) is 0 Å². The number of hydrogen-bond donors (Lipinski definition) is 1. The number of benzene rings is 1. The Morgan fingerprint density at radius 3 is 2.59 bits per heavy atom. The first-order chi connectivity index (χ1) is 7.95. The molecular weight excluding hydrogens is 288 g/mol. The van der Waals surface area contributed by atoms with Gasteiger partial charge in [0.1, 0.15) is 0 Å². The Kier molecular flexibility index (Phi) is 4.89. The Bertz CT molecular complexity index is 412. The van der Waals surface area contributed by atoms with Gasteiger partial charge in [-0.15, -0.1) is 0 Å². The molecule has 6 heteroatoms. The fourth-order valence-electron chi connectivity index (χ4n) is 1.33. The van der Waals surface area contributed by atoms with E-state index in [1.54, 1.807) is 19.2 Å². The Balaban J connectivity index is 2.81. The molecule has 0 radical (unpaired) electrons. The molecule has 0 saturated carbocycles. The highest BCUT2D eigenvalue weighted by Crippen LogP contribution is 2.28. The van der Waals surface area contributed by atoms with Gasteiger partial charge in [-0.2, -0.15) is 0 Å². The molecular formula is C11H15BrN2O3. The molecule has 0 saturated heterocycles. The molecule has 0 spiro atoms. The van der Waals surface area contributed by atoms with Crippen LogP contribution in [0, 0.1) is 10.1 Å². The van der Waals surface area contributed by atoms with E-state index in [-0.39, 0.29) is 17.8 Å². The summed E-state index contributed by atoms with van der Waals surface area (Å²) in [6.07, 6.45) is 0.0592. The second-order valence-corrected chi connectivity index (χ2v) is 4.65. The molecule has 1 aromatic rings. The normalized spacial score (nSPS) is 14.1. The Labute approximate surface area is 108 Å². The first kappa shape index (κ1) is 13.9. The predicted molar refractivity (Wildman–Crippen MR) is 70.4 cm³/mol. The van der Waals surface area contributed by atoms with E-state index in [2.05, 4.69) is 21.2 Å². The van der Waals surface area contributed by atoms with Crippen LogP contribution in [0.2, 0.25) is 0 Å². The standard InChI is InChI=1S/C11H15BrN2O3/c1-7(8(2)17-3)13-9-4-5-11(14(15)16)10(12)6-9/h4-8,13H,1-3H3. The van der Waals surface area contributed by atoms with Crippen molar-refractivity contribution < 1.29 is 9.66 Å². The lowest BCUT2D eigenvalue weighted by Crippen LogP contribution is -2.29. The third kappa shape index (κ3) is 3.67. The number of hydrogen-bond acceptors (Lipinski definition) is 4. The van der Waals surface area contributed by atoms with Gasteiger partial charge in [0.05, 0.1) is 15.5 Å². The molecule has 0 aliphatic carbocycles. The molecule has 2 unspecified atom stereocenters. The van der Waals surface area contributed by atoms with Gasteiger partial charge in [-0.05, 0) is 41.9 Å². The lowest BCUT2D eigenvalue weighted by molar-refractivity contribution is -0.385. The van der Waals surface area contributed by atoms with Gasteiger partial charge in [-0.1, -0.05) is 0 Å². The van der Waals surface area contributed by atoms with E-state index < -0.39 is 4.92 Å². The van der Waals surface area contributed by atoms with Gasteiger partial charge < -0.3 is 10.1 Å².